The van der Waals surface area contributed by atoms with Crippen LogP contribution >= 0.6 is 23.1 Å². The largest absolute Gasteiger partial charge is 0.396 e. The first-order valence-corrected chi connectivity index (χ1v) is 8.67. The van der Waals surface area contributed by atoms with Crippen molar-refractivity contribution in [3.63, 3.8) is 0 Å². The molecule has 3 nitrogen and oxygen atoms in total. The molecular formula is C14H23NO2S2. The minimum absolute atomic E-state index is 0.0567. The maximum atomic E-state index is 11.8. The molecule has 0 spiro atoms. The van der Waals surface area contributed by atoms with Crippen LogP contribution < -0.4 is 5.32 Å². The van der Waals surface area contributed by atoms with Crippen LogP contribution in [-0.2, 0) is 10.5 Å². The molecule has 1 rings (SSSR count). The predicted molar refractivity (Wildman–Crippen MR) is 83.6 cm³/mol. The van der Waals surface area contributed by atoms with Gasteiger partial charge in [-0.25, -0.2) is 0 Å². The van der Waals surface area contributed by atoms with Gasteiger partial charge in [0.25, 0.3) is 0 Å². The second-order valence-electron chi connectivity index (χ2n) is 4.71. The maximum Gasteiger partial charge on any atom is 0.230 e. The van der Waals surface area contributed by atoms with Gasteiger partial charge in [-0.2, -0.15) is 0 Å². The average molecular weight is 301 g/mol. The van der Waals surface area contributed by atoms with Crippen molar-refractivity contribution in [2.45, 2.75) is 32.4 Å². The van der Waals surface area contributed by atoms with E-state index in [-0.39, 0.29) is 17.9 Å². The van der Waals surface area contributed by atoms with Crippen molar-refractivity contribution in [1.82, 2.24) is 5.32 Å². The number of aliphatic hydroxyl groups excluding tert-OH is 1. The molecule has 0 saturated carbocycles. The molecule has 0 aromatic carbocycles. The van der Waals surface area contributed by atoms with Crippen molar-refractivity contribution < 1.29 is 9.90 Å². The van der Waals surface area contributed by atoms with Crippen LogP contribution in [-0.4, -0.2) is 29.9 Å². The monoisotopic (exact) mass is 301 g/mol. The summed E-state index contributed by atoms with van der Waals surface area (Å²) in [7, 11) is 0. The number of carbonyl (C=O) groups excluding carboxylic acids is 1. The first-order chi connectivity index (χ1) is 9.15. The number of nitrogens with one attached hydrogen (secondary N) is 1. The van der Waals surface area contributed by atoms with Gasteiger partial charge < -0.3 is 10.4 Å². The molecule has 0 aliphatic rings. The molecule has 108 valence electrons. The van der Waals surface area contributed by atoms with Gasteiger partial charge in [-0.3, -0.25) is 4.79 Å². The first-order valence-electron chi connectivity index (χ1n) is 6.63. The Hall–Kier alpha value is -0.520. The topological polar surface area (TPSA) is 49.3 Å². The number of hydrogen-bond donors (Lipinski definition) is 2. The van der Waals surface area contributed by atoms with Crippen LogP contribution in [0.2, 0.25) is 0 Å². The smallest absolute Gasteiger partial charge is 0.230 e. The van der Waals surface area contributed by atoms with Crippen LogP contribution in [0.1, 0.15) is 31.6 Å². The normalized spacial score (nSPS) is 11.5. The van der Waals surface area contributed by atoms with E-state index < -0.39 is 0 Å². The Morgan fingerprint density at radius 2 is 2.21 bits per heavy atom. The number of amides is 1. The third-order valence-corrected chi connectivity index (χ3v) is 5.59. The molecule has 1 aromatic rings. The van der Waals surface area contributed by atoms with E-state index in [9.17, 15) is 9.90 Å². The van der Waals surface area contributed by atoms with E-state index in [0.29, 0.717) is 12.3 Å². The molecule has 0 unspecified atom stereocenters. The number of carbonyl (C=O) groups is 1. The van der Waals surface area contributed by atoms with Crippen molar-refractivity contribution >= 4 is 29.0 Å². The lowest BCUT2D eigenvalue weighted by Crippen LogP contribution is -2.40. The van der Waals surface area contributed by atoms with Crippen LogP contribution in [0.15, 0.2) is 17.5 Å². The van der Waals surface area contributed by atoms with Crippen molar-refractivity contribution in [2.75, 3.05) is 18.9 Å². The lowest BCUT2D eigenvalue weighted by molar-refractivity contribution is -0.119. The van der Waals surface area contributed by atoms with Gasteiger partial charge in [0.15, 0.2) is 0 Å². The highest BCUT2D eigenvalue weighted by Crippen LogP contribution is 2.24. The summed E-state index contributed by atoms with van der Waals surface area (Å²) >= 11 is 3.35. The zero-order valence-corrected chi connectivity index (χ0v) is 13.3. The average Bonchev–Trinajstić information content (AvgIpc) is 2.94. The first kappa shape index (κ1) is 16.5. The summed E-state index contributed by atoms with van der Waals surface area (Å²) in [5.74, 6) is 1.42. The Labute approximate surface area is 123 Å². The molecule has 1 heterocycles. The zero-order valence-electron chi connectivity index (χ0n) is 11.6. The highest BCUT2D eigenvalue weighted by atomic mass is 32.2. The Morgan fingerprint density at radius 3 is 2.74 bits per heavy atom. The molecular weight excluding hydrogens is 278 g/mol. The molecule has 0 fully saturated rings. The minimum atomic E-state index is -0.159. The Bertz CT molecular complexity index is 353. The van der Waals surface area contributed by atoms with E-state index in [0.717, 1.165) is 18.6 Å². The molecule has 0 aliphatic heterocycles. The standard InChI is InChI=1S/C14H23NO2S2/c1-3-14(4-2,11-16)10-15-13(17)9-18-8-12-6-5-7-19-12/h5-7,16H,3-4,8-11H2,1-2H3,(H,15,17). The summed E-state index contributed by atoms with van der Waals surface area (Å²) in [4.78, 5) is 13.1. The molecule has 0 radical (unpaired) electrons. The Kier molecular flexibility index (Phi) is 7.49. The fraction of sp³-hybridized carbons (Fsp3) is 0.643. The van der Waals surface area contributed by atoms with E-state index in [4.69, 9.17) is 0 Å². The molecule has 1 aromatic heterocycles. The van der Waals surface area contributed by atoms with Crippen molar-refractivity contribution in [1.29, 1.82) is 0 Å². The number of aliphatic hydroxyl groups is 1. The molecule has 0 bridgehead atoms. The van der Waals surface area contributed by atoms with Crippen LogP contribution in [0, 0.1) is 5.41 Å². The zero-order chi connectivity index (χ0) is 14.1. The summed E-state index contributed by atoms with van der Waals surface area (Å²) in [5, 5.41) is 14.4. The third kappa shape index (κ3) is 5.55. The van der Waals surface area contributed by atoms with Gasteiger partial charge in [0.05, 0.1) is 12.4 Å². The van der Waals surface area contributed by atoms with Crippen molar-refractivity contribution in [2.24, 2.45) is 5.41 Å². The quantitative estimate of drug-likeness (QED) is 0.737. The van der Waals surface area contributed by atoms with Gasteiger partial charge >= 0.3 is 0 Å². The van der Waals surface area contributed by atoms with Gasteiger partial charge in [0.2, 0.25) is 5.91 Å². The Morgan fingerprint density at radius 1 is 1.47 bits per heavy atom. The van der Waals surface area contributed by atoms with Crippen LogP contribution in [0.25, 0.3) is 0 Å². The van der Waals surface area contributed by atoms with Gasteiger partial charge in [0, 0.05) is 22.6 Å². The van der Waals surface area contributed by atoms with Crippen LogP contribution in [0.4, 0.5) is 0 Å². The van der Waals surface area contributed by atoms with E-state index in [1.807, 2.05) is 11.4 Å². The lowest BCUT2D eigenvalue weighted by atomic mass is 9.83. The maximum absolute atomic E-state index is 11.8. The SMILES string of the molecule is CCC(CC)(CO)CNC(=O)CSCc1cccs1. The second-order valence-corrected chi connectivity index (χ2v) is 6.73. The lowest BCUT2D eigenvalue weighted by Gasteiger charge is -2.29. The number of thioether (sulfide) groups is 1. The molecule has 0 aliphatic carbocycles. The predicted octanol–water partition coefficient (Wildman–Crippen LogP) is 2.90. The second kappa shape index (κ2) is 8.61. The molecule has 1 amide bonds. The van der Waals surface area contributed by atoms with Gasteiger partial charge in [-0.15, -0.1) is 23.1 Å². The van der Waals surface area contributed by atoms with Crippen molar-refractivity contribution in [3.8, 4) is 0 Å². The van der Waals surface area contributed by atoms with Crippen LogP contribution in [0.5, 0.6) is 0 Å². The van der Waals surface area contributed by atoms with Gasteiger partial charge in [0.1, 0.15) is 0 Å². The minimum Gasteiger partial charge on any atom is -0.396 e. The van der Waals surface area contributed by atoms with E-state index in [2.05, 4.69) is 25.2 Å². The van der Waals surface area contributed by atoms with E-state index in [1.165, 1.54) is 4.88 Å². The highest BCUT2D eigenvalue weighted by Gasteiger charge is 2.25. The van der Waals surface area contributed by atoms with E-state index >= 15 is 0 Å². The Balaban J connectivity index is 2.23. The highest BCUT2D eigenvalue weighted by molar-refractivity contribution is 7.99. The number of thiophene rings is 1. The summed E-state index contributed by atoms with van der Waals surface area (Å²) in [5.41, 5.74) is -0.159. The molecule has 0 atom stereocenters. The van der Waals surface area contributed by atoms with Gasteiger partial charge in [-0.1, -0.05) is 19.9 Å². The summed E-state index contributed by atoms with van der Waals surface area (Å²) < 4.78 is 0. The van der Waals surface area contributed by atoms with Gasteiger partial charge in [-0.05, 0) is 24.3 Å². The number of hydrogen-bond acceptors (Lipinski definition) is 4. The fourth-order valence-corrected chi connectivity index (χ4v) is 3.45. The van der Waals surface area contributed by atoms with Crippen LogP contribution in [0.3, 0.4) is 0 Å². The summed E-state index contributed by atoms with van der Waals surface area (Å²) in [6, 6.07) is 4.11. The molecule has 5 heteroatoms. The summed E-state index contributed by atoms with van der Waals surface area (Å²) in [6.45, 7) is 4.80. The third-order valence-electron chi connectivity index (χ3n) is 3.55. The fourth-order valence-electron chi connectivity index (χ4n) is 1.76. The molecule has 19 heavy (non-hydrogen) atoms. The summed E-state index contributed by atoms with van der Waals surface area (Å²) in [6.07, 6.45) is 1.76. The van der Waals surface area contributed by atoms with Crippen molar-refractivity contribution in [3.05, 3.63) is 22.4 Å². The molecule has 0 saturated heterocycles. The van der Waals surface area contributed by atoms with E-state index in [1.54, 1.807) is 23.1 Å². The molecule has 2 N–H and O–H groups in total. The number of rotatable bonds is 9.